The largest absolute Gasteiger partial charge is 0.420 e. The van der Waals surface area contributed by atoms with Crippen molar-refractivity contribution in [3.8, 4) is 0 Å². The first-order chi connectivity index (χ1) is 13.6. The van der Waals surface area contributed by atoms with E-state index in [2.05, 4.69) is 10.9 Å². The predicted molar refractivity (Wildman–Crippen MR) is 95.0 cm³/mol. The number of carbonyl (C=O) groups is 1. The normalized spacial score (nSPS) is 12.6. The number of alkyl halides is 3. The average molecular weight is 410 g/mol. The number of amides is 1. The molecule has 0 aliphatic rings. The molecule has 0 saturated heterocycles. The highest BCUT2D eigenvalue weighted by molar-refractivity contribution is 5.84. The maximum Gasteiger partial charge on any atom is 0.420 e. The van der Waals surface area contributed by atoms with Crippen LogP contribution in [0.1, 0.15) is 18.5 Å². The van der Waals surface area contributed by atoms with E-state index in [0.29, 0.717) is 17.6 Å². The van der Waals surface area contributed by atoms with E-state index in [-0.39, 0.29) is 11.3 Å². The molecule has 29 heavy (non-hydrogen) atoms. The fourth-order valence-electron chi connectivity index (χ4n) is 2.67. The summed E-state index contributed by atoms with van der Waals surface area (Å²) in [4.78, 5) is 34.5. The van der Waals surface area contributed by atoms with Crippen LogP contribution in [0.25, 0.3) is 11.1 Å². The zero-order valence-electron chi connectivity index (χ0n) is 14.7. The number of oxazole rings is 1. The monoisotopic (exact) mass is 410 g/mol. The van der Waals surface area contributed by atoms with Crippen LogP contribution in [-0.4, -0.2) is 15.4 Å². The second-order valence-corrected chi connectivity index (χ2v) is 5.98. The standard InChI is InChI=1S/C17H13F3N4O5/c1-9(23-12-4-2-3-5-14(12)29-16(23)26)15(25)22-21-11-7-6-10(17(18,19)20)8-13(11)24(27)28/h2-9,21H,1H3,(H,22,25). The molecule has 1 aromatic heterocycles. The summed E-state index contributed by atoms with van der Waals surface area (Å²) >= 11 is 0. The van der Waals surface area contributed by atoms with E-state index in [4.69, 9.17) is 4.42 Å². The Balaban J connectivity index is 1.82. The summed E-state index contributed by atoms with van der Waals surface area (Å²) < 4.78 is 44.4. The van der Waals surface area contributed by atoms with Gasteiger partial charge in [-0.1, -0.05) is 12.1 Å². The van der Waals surface area contributed by atoms with Gasteiger partial charge in [-0.15, -0.1) is 0 Å². The smallest absolute Gasteiger partial charge is 0.408 e. The fraction of sp³-hybridized carbons (Fsp3) is 0.176. The van der Waals surface area contributed by atoms with E-state index >= 15 is 0 Å². The van der Waals surface area contributed by atoms with E-state index in [1.807, 2.05) is 0 Å². The number of fused-ring (bicyclic) bond motifs is 1. The van der Waals surface area contributed by atoms with Crippen molar-refractivity contribution in [2.24, 2.45) is 0 Å². The molecule has 0 radical (unpaired) electrons. The third kappa shape index (κ3) is 3.90. The molecule has 0 aliphatic carbocycles. The molecule has 152 valence electrons. The van der Waals surface area contributed by atoms with Gasteiger partial charge in [-0.2, -0.15) is 13.2 Å². The molecule has 0 fully saturated rings. The molecule has 0 bridgehead atoms. The molecule has 0 spiro atoms. The molecule has 1 atom stereocenters. The van der Waals surface area contributed by atoms with Crippen LogP contribution in [0.3, 0.4) is 0 Å². The van der Waals surface area contributed by atoms with E-state index in [9.17, 15) is 32.9 Å². The lowest BCUT2D eigenvalue weighted by Gasteiger charge is -2.15. The van der Waals surface area contributed by atoms with Gasteiger partial charge in [0.2, 0.25) is 0 Å². The van der Waals surface area contributed by atoms with Gasteiger partial charge in [0.25, 0.3) is 11.6 Å². The molecule has 2 aromatic carbocycles. The van der Waals surface area contributed by atoms with Gasteiger partial charge in [0.15, 0.2) is 5.58 Å². The number of rotatable bonds is 5. The quantitative estimate of drug-likeness (QED) is 0.492. The summed E-state index contributed by atoms with van der Waals surface area (Å²) in [6.45, 7) is 1.39. The van der Waals surface area contributed by atoms with Crippen molar-refractivity contribution < 1.29 is 27.3 Å². The van der Waals surface area contributed by atoms with E-state index in [1.54, 1.807) is 24.3 Å². The number of aromatic nitrogens is 1. The molecular formula is C17H13F3N4O5. The summed E-state index contributed by atoms with van der Waals surface area (Å²) in [5.41, 5.74) is 2.58. The summed E-state index contributed by atoms with van der Waals surface area (Å²) in [6.07, 6.45) is -4.76. The van der Waals surface area contributed by atoms with Crippen LogP contribution in [0.2, 0.25) is 0 Å². The van der Waals surface area contributed by atoms with Crippen LogP contribution >= 0.6 is 0 Å². The van der Waals surface area contributed by atoms with Crippen molar-refractivity contribution in [3.05, 3.63) is 68.7 Å². The van der Waals surface area contributed by atoms with Crippen molar-refractivity contribution in [2.75, 3.05) is 5.43 Å². The number of anilines is 1. The predicted octanol–water partition coefficient (Wildman–Crippen LogP) is 3.23. The Labute approximate surface area is 159 Å². The van der Waals surface area contributed by atoms with Crippen molar-refractivity contribution in [1.29, 1.82) is 0 Å². The maximum atomic E-state index is 12.8. The first-order valence-electron chi connectivity index (χ1n) is 8.11. The number of hydrogen-bond donors (Lipinski definition) is 2. The molecule has 3 aromatic rings. The van der Waals surface area contributed by atoms with Crippen LogP contribution in [-0.2, 0) is 11.0 Å². The third-order valence-electron chi connectivity index (χ3n) is 4.13. The molecule has 0 aliphatic heterocycles. The molecule has 1 amide bonds. The number of para-hydroxylation sites is 2. The Morgan fingerprint density at radius 2 is 1.93 bits per heavy atom. The highest BCUT2D eigenvalue weighted by atomic mass is 19.4. The lowest BCUT2D eigenvalue weighted by atomic mass is 10.1. The number of nitro groups is 1. The Kier molecular flexibility index (Phi) is 5.01. The molecule has 1 unspecified atom stereocenters. The Morgan fingerprint density at radius 3 is 2.59 bits per heavy atom. The number of nitrogens with zero attached hydrogens (tertiary/aromatic N) is 2. The van der Waals surface area contributed by atoms with Crippen LogP contribution in [0.5, 0.6) is 0 Å². The minimum Gasteiger partial charge on any atom is -0.408 e. The van der Waals surface area contributed by atoms with Crippen LogP contribution in [0.4, 0.5) is 24.5 Å². The highest BCUT2D eigenvalue weighted by Gasteiger charge is 2.33. The zero-order valence-corrected chi connectivity index (χ0v) is 14.7. The minimum atomic E-state index is -4.76. The van der Waals surface area contributed by atoms with Crippen molar-refractivity contribution in [2.45, 2.75) is 19.1 Å². The Morgan fingerprint density at radius 1 is 1.24 bits per heavy atom. The number of benzene rings is 2. The first kappa shape index (κ1) is 19.9. The minimum absolute atomic E-state index is 0.267. The molecule has 3 rings (SSSR count). The molecule has 1 heterocycles. The molecule has 0 saturated carbocycles. The molecule has 9 nitrogen and oxygen atoms in total. The average Bonchev–Trinajstić information content (AvgIpc) is 3.00. The second-order valence-electron chi connectivity index (χ2n) is 5.98. The number of hydrazine groups is 1. The number of nitrogens with one attached hydrogen (secondary N) is 2. The highest BCUT2D eigenvalue weighted by Crippen LogP contribution is 2.34. The van der Waals surface area contributed by atoms with Crippen LogP contribution in [0, 0.1) is 10.1 Å². The van der Waals surface area contributed by atoms with Gasteiger partial charge < -0.3 is 4.42 Å². The number of hydrogen-bond acceptors (Lipinski definition) is 6. The van der Waals surface area contributed by atoms with Gasteiger partial charge in [0, 0.05) is 6.07 Å². The number of carbonyl (C=O) groups excluding carboxylic acids is 1. The maximum absolute atomic E-state index is 12.8. The van der Waals surface area contributed by atoms with Gasteiger partial charge >= 0.3 is 11.9 Å². The van der Waals surface area contributed by atoms with Crippen molar-refractivity contribution >= 4 is 28.4 Å². The SMILES string of the molecule is CC(C(=O)NNc1ccc(C(F)(F)F)cc1[N+](=O)[O-])n1c(=O)oc2ccccc21. The number of halogens is 3. The molecule has 12 heteroatoms. The fourth-order valence-corrected chi connectivity index (χ4v) is 2.67. The number of nitro benzene ring substituents is 1. The van der Waals surface area contributed by atoms with Gasteiger partial charge in [0.1, 0.15) is 11.7 Å². The molecular weight excluding hydrogens is 397 g/mol. The van der Waals surface area contributed by atoms with Gasteiger partial charge in [-0.05, 0) is 31.2 Å². The third-order valence-corrected chi connectivity index (χ3v) is 4.13. The lowest BCUT2D eigenvalue weighted by Crippen LogP contribution is -2.37. The van der Waals surface area contributed by atoms with Crippen LogP contribution in [0.15, 0.2) is 51.7 Å². The van der Waals surface area contributed by atoms with Gasteiger partial charge in [-0.3, -0.25) is 30.3 Å². The van der Waals surface area contributed by atoms with Crippen LogP contribution < -0.4 is 16.6 Å². The summed E-state index contributed by atoms with van der Waals surface area (Å²) in [7, 11) is 0. The lowest BCUT2D eigenvalue weighted by molar-refractivity contribution is -0.384. The summed E-state index contributed by atoms with van der Waals surface area (Å²) in [5.74, 6) is -1.55. The van der Waals surface area contributed by atoms with E-state index < -0.39 is 40.1 Å². The summed E-state index contributed by atoms with van der Waals surface area (Å²) in [5, 5.41) is 11.1. The first-order valence-corrected chi connectivity index (χ1v) is 8.11. The molecule has 2 N–H and O–H groups in total. The topological polar surface area (TPSA) is 119 Å². The van der Waals surface area contributed by atoms with Crippen molar-refractivity contribution in [1.82, 2.24) is 9.99 Å². The zero-order chi connectivity index (χ0) is 21.3. The van der Waals surface area contributed by atoms with Gasteiger partial charge in [0.05, 0.1) is 16.0 Å². The Hall–Kier alpha value is -3.83. The van der Waals surface area contributed by atoms with E-state index in [1.165, 1.54) is 6.92 Å². The summed E-state index contributed by atoms with van der Waals surface area (Å²) in [6, 6.07) is 7.14. The van der Waals surface area contributed by atoms with E-state index in [0.717, 1.165) is 10.6 Å². The van der Waals surface area contributed by atoms with Gasteiger partial charge in [-0.25, -0.2) is 4.79 Å². The Bertz CT molecular complexity index is 1150. The van der Waals surface area contributed by atoms with Crippen molar-refractivity contribution in [3.63, 3.8) is 0 Å². The second kappa shape index (κ2) is 7.30.